The van der Waals surface area contributed by atoms with Crippen molar-refractivity contribution < 1.29 is 9.72 Å². The van der Waals surface area contributed by atoms with Crippen LogP contribution in [0.4, 0.5) is 17.1 Å². The maximum absolute atomic E-state index is 12.4. The van der Waals surface area contributed by atoms with Crippen molar-refractivity contribution in [1.29, 1.82) is 0 Å². The summed E-state index contributed by atoms with van der Waals surface area (Å²) in [5.74, 6) is -0.489. The zero-order chi connectivity index (χ0) is 19.2. The Hall–Kier alpha value is -3.00. The Labute approximate surface area is 162 Å². The monoisotopic (exact) mass is 384 g/mol. The van der Waals surface area contributed by atoms with E-state index in [9.17, 15) is 14.9 Å². The van der Waals surface area contributed by atoms with Gasteiger partial charge in [-0.1, -0.05) is 18.2 Å². The fraction of sp³-hybridized carbons (Fsp3) is 0.263. The molecule has 2 aromatic carbocycles. The van der Waals surface area contributed by atoms with Crippen molar-refractivity contribution in [3.8, 4) is 0 Å². The fourth-order valence-electron chi connectivity index (χ4n) is 3.07. The molecule has 2 N–H and O–H groups in total. The normalized spacial score (nSPS) is 13.7. The number of para-hydroxylation sites is 1. The molecule has 7 nitrogen and oxygen atoms in total. The van der Waals surface area contributed by atoms with Gasteiger partial charge in [0.2, 0.25) is 0 Å². The number of hydrogen-bond acceptors (Lipinski definition) is 5. The van der Waals surface area contributed by atoms with E-state index in [4.69, 9.17) is 12.2 Å². The van der Waals surface area contributed by atoms with Crippen molar-refractivity contribution in [3.63, 3.8) is 0 Å². The van der Waals surface area contributed by atoms with Gasteiger partial charge in [0.25, 0.3) is 11.6 Å². The minimum atomic E-state index is -0.489. The van der Waals surface area contributed by atoms with Gasteiger partial charge in [-0.15, -0.1) is 0 Å². The largest absolute Gasteiger partial charge is 0.366 e. The SMILES string of the molecule is O=C(NC(=S)Nc1ccccc1)c1ccc(N2CCCCC2)c([N+](=O)[O-])c1. The van der Waals surface area contributed by atoms with Gasteiger partial charge in [-0.25, -0.2) is 0 Å². The standard InChI is InChI=1S/C19H20N4O3S/c24-18(21-19(27)20-15-7-3-1-4-8-15)14-9-10-16(17(13-14)23(25)26)22-11-5-2-6-12-22/h1,3-4,7-10,13H,2,5-6,11-12H2,(H2,20,21,24,27). The maximum atomic E-state index is 12.4. The average Bonchev–Trinajstić information content (AvgIpc) is 2.68. The number of amides is 1. The molecule has 1 aliphatic heterocycles. The summed E-state index contributed by atoms with van der Waals surface area (Å²) in [7, 11) is 0. The quantitative estimate of drug-likeness (QED) is 0.475. The third-order valence-corrected chi connectivity index (χ3v) is 4.59. The summed E-state index contributed by atoms with van der Waals surface area (Å²) in [5.41, 5.74) is 1.43. The van der Waals surface area contributed by atoms with Gasteiger partial charge in [-0.3, -0.25) is 20.2 Å². The molecule has 0 saturated carbocycles. The molecule has 140 valence electrons. The molecule has 0 aromatic heterocycles. The molecule has 1 aliphatic rings. The van der Waals surface area contributed by atoms with Crippen LogP contribution in [-0.4, -0.2) is 29.0 Å². The first-order valence-corrected chi connectivity index (χ1v) is 9.16. The number of benzene rings is 2. The summed E-state index contributed by atoms with van der Waals surface area (Å²) in [4.78, 5) is 25.5. The third kappa shape index (κ3) is 4.79. The number of carbonyl (C=O) groups excluding carboxylic acids is 1. The molecule has 27 heavy (non-hydrogen) atoms. The predicted octanol–water partition coefficient (Wildman–Crippen LogP) is 3.71. The number of hydrogen-bond donors (Lipinski definition) is 2. The lowest BCUT2D eigenvalue weighted by atomic mass is 10.1. The molecule has 2 aromatic rings. The lowest BCUT2D eigenvalue weighted by molar-refractivity contribution is -0.384. The van der Waals surface area contributed by atoms with Crippen LogP contribution in [0.15, 0.2) is 48.5 Å². The van der Waals surface area contributed by atoms with E-state index >= 15 is 0 Å². The van der Waals surface area contributed by atoms with Crippen molar-refractivity contribution >= 4 is 40.3 Å². The zero-order valence-corrected chi connectivity index (χ0v) is 15.5. The lowest BCUT2D eigenvalue weighted by Gasteiger charge is -2.28. The predicted molar refractivity (Wildman–Crippen MR) is 109 cm³/mol. The topological polar surface area (TPSA) is 87.5 Å². The number of piperidine rings is 1. The number of nitro benzene ring substituents is 1. The molecule has 1 amide bonds. The highest BCUT2D eigenvalue weighted by molar-refractivity contribution is 7.80. The van der Waals surface area contributed by atoms with E-state index < -0.39 is 10.8 Å². The Morgan fingerprint density at radius 2 is 1.78 bits per heavy atom. The lowest BCUT2D eigenvalue weighted by Crippen LogP contribution is -2.34. The number of nitrogens with one attached hydrogen (secondary N) is 2. The van der Waals surface area contributed by atoms with Gasteiger partial charge in [-0.2, -0.15) is 0 Å². The first kappa shape index (κ1) is 18.8. The molecule has 0 spiro atoms. The van der Waals surface area contributed by atoms with Gasteiger partial charge in [0.15, 0.2) is 5.11 Å². The van der Waals surface area contributed by atoms with Crippen LogP contribution in [0, 0.1) is 10.1 Å². The van der Waals surface area contributed by atoms with Crippen LogP contribution >= 0.6 is 12.2 Å². The Balaban J connectivity index is 1.73. The first-order chi connectivity index (χ1) is 13.0. The summed E-state index contributed by atoms with van der Waals surface area (Å²) in [5, 5.41) is 17.1. The van der Waals surface area contributed by atoms with E-state index in [0.717, 1.165) is 38.0 Å². The zero-order valence-electron chi connectivity index (χ0n) is 14.7. The first-order valence-electron chi connectivity index (χ1n) is 8.75. The highest BCUT2D eigenvalue weighted by Gasteiger charge is 2.23. The number of nitrogens with zero attached hydrogens (tertiary/aromatic N) is 2. The van der Waals surface area contributed by atoms with E-state index in [1.807, 2.05) is 35.2 Å². The average molecular weight is 384 g/mol. The number of anilines is 2. The van der Waals surface area contributed by atoms with Gasteiger partial charge in [0.1, 0.15) is 5.69 Å². The van der Waals surface area contributed by atoms with E-state index in [2.05, 4.69) is 10.6 Å². The Bertz CT molecular complexity index is 851. The highest BCUT2D eigenvalue weighted by Crippen LogP contribution is 2.31. The van der Waals surface area contributed by atoms with Crippen LogP contribution < -0.4 is 15.5 Å². The smallest absolute Gasteiger partial charge is 0.293 e. The van der Waals surface area contributed by atoms with E-state index in [1.165, 1.54) is 6.07 Å². The number of carbonyl (C=O) groups is 1. The van der Waals surface area contributed by atoms with Crippen LogP contribution in [0.3, 0.4) is 0 Å². The molecule has 1 fully saturated rings. The Morgan fingerprint density at radius 1 is 1.07 bits per heavy atom. The van der Waals surface area contributed by atoms with Crippen molar-refractivity contribution in [2.24, 2.45) is 0 Å². The second-order valence-corrected chi connectivity index (χ2v) is 6.69. The van der Waals surface area contributed by atoms with Crippen LogP contribution in [0.2, 0.25) is 0 Å². The molecule has 0 aliphatic carbocycles. The van der Waals surface area contributed by atoms with Crippen molar-refractivity contribution in [3.05, 3.63) is 64.2 Å². The molecule has 1 heterocycles. The Kier molecular flexibility index (Phi) is 5.97. The molecule has 0 bridgehead atoms. The Morgan fingerprint density at radius 3 is 2.44 bits per heavy atom. The fourth-order valence-corrected chi connectivity index (χ4v) is 3.28. The third-order valence-electron chi connectivity index (χ3n) is 4.39. The van der Waals surface area contributed by atoms with Crippen LogP contribution in [0.25, 0.3) is 0 Å². The van der Waals surface area contributed by atoms with Crippen LogP contribution in [-0.2, 0) is 0 Å². The molecule has 1 saturated heterocycles. The van der Waals surface area contributed by atoms with E-state index in [0.29, 0.717) is 5.69 Å². The van der Waals surface area contributed by atoms with Gasteiger partial charge in [0, 0.05) is 30.4 Å². The number of thiocarbonyl (C=S) groups is 1. The van der Waals surface area contributed by atoms with Gasteiger partial charge in [0.05, 0.1) is 4.92 Å². The molecule has 3 rings (SSSR count). The summed E-state index contributed by atoms with van der Waals surface area (Å²) in [6.45, 7) is 1.58. The van der Waals surface area contributed by atoms with E-state index in [-0.39, 0.29) is 16.4 Å². The highest BCUT2D eigenvalue weighted by atomic mass is 32.1. The maximum Gasteiger partial charge on any atom is 0.293 e. The van der Waals surface area contributed by atoms with Crippen LogP contribution in [0.1, 0.15) is 29.6 Å². The molecule has 8 heteroatoms. The molecular weight excluding hydrogens is 364 g/mol. The van der Waals surface area contributed by atoms with Gasteiger partial charge in [-0.05, 0) is 55.7 Å². The molecule has 0 unspecified atom stereocenters. The van der Waals surface area contributed by atoms with Crippen molar-refractivity contribution in [1.82, 2.24) is 5.32 Å². The van der Waals surface area contributed by atoms with Crippen molar-refractivity contribution in [2.75, 3.05) is 23.3 Å². The minimum Gasteiger partial charge on any atom is -0.366 e. The summed E-state index contributed by atoms with van der Waals surface area (Å²) in [6.07, 6.45) is 3.16. The molecule has 0 radical (unpaired) electrons. The van der Waals surface area contributed by atoms with E-state index in [1.54, 1.807) is 12.1 Å². The second kappa shape index (κ2) is 8.59. The summed E-state index contributed by atoms with van der Waals surface area (Å²) >= 11 is 5.14. The van der Waals surface area contributed by atoms with Crippen LogP contribution in [0.5, 0.6) is 0 Å². The number of rotatable bonds is 4. The molecular formula is C19H20N4O3S. The minimum absolute atomic E-state index is 0.0634. The number of nitro groups is 1. The van der Waals surface area contributed by atoms with Gasteiger partial charge >= 0.3 is 0 Å². The second-order valence-electron chi connectivity index (χ2n) is 6.28. The molecule has 0 atom stereocenters. The summed E-state index contributed by atoms with van der Waals surface area (Å²) < 4.78 is 0. The summed E-state index contributed by atoms with van der Waals surface area (Å²) in [6, 6.07) is 13.7. The van der Waals surface area contributed by atoms with Crippen molar-refractivity contribution in [2.45, 2.75) is 19.3 Å². The van der Waals surface area contributed by atoms with Gasteiger partial charge < -0.3 is 10.2 Å².